The molecule has 0 aromatic rings. The topological polar surface area (TPSA) is 29.4 Å². The van der Waals surface area contributed by atoms with Crippen LogP contribution in [0.2, 0.25) is 0 Å². The van der Waals surface area contributed by atoms with E-state index in [4.69, 9.17) is 0 Å². The van der Waals surface area contributed by atoms with Gasteiger partial charge in [-0.05, 0) is 35.6 Å². The van der Waals surface area contributed by atoms with Gasteiger partial charge < -0.3 is 0 Å². The molecule has 1 heterocycles. The minimum atomic E-state index is 0.0372. The summed E-state index contributed by atoms with van der Waals surface area (Å²) < 4.78 is 0. The van der Waals surface area contributed by atoms with Crippen molar-refractivity contribution in [1.82, 2.24) is 0 Å². The van der Waals surface area contributed by atoms with Crippen molar-refractivity contribution in [3.63, 3.8) is 0 Å². The molecule has 0 bridgehead atoms. The second-order valence-corrected chi connectivity index (χ2v) is 4.38. The van der Waals surface area contributed by atoms with Gasteiger partial charge in [-0.15, -0.1) is 0 Å². The number of aliphatic imine (C=N–C) groups is 1. The van der Waals surface area contributed by atoms with Crippen molar-refractivity contribution in [3.05, 3.63) is 35.1 Å². The Morgan fingerprint density at radius 2 is 2.33 bits per heavy atom. The fraction of sp³-hybridized carbons (Fsp3) is 0.385. The highest BCUT2D eigenvalue weighted by Gasteiger charge is 2.40. The van der Waals surface area contributed by atoms with Crippen molar-refractivity contribution in [1.29, 1.82) is 0 Å². The van der Waals surface area contributed by atoms with Gasteiger partial charge in [0.15, 0.2) is 0 Å². The normalized spacial score (nSPS) is 32.9. The first-order chi connectivity index (χ1) is 7.29. The summed E-state index contributed by atoms with van der Waals surface area (Å²) >= 11 is 0. The zero-order valence-corrected chi connectivity index (χ0v) is 8.73. The molecule has 0 aromatic carbocycles. The van der Waals surface area contributed by atoms with Crippen molar-refractivity contribution in [2.24, 2.45) is 16.8 Å². The van der Waals surface area contributed by atoms with E-state index in [1.165, 1.54) is 11.1 Å². The van der Waals surface area contributed by atoms with Crippen LogP contribution in [-0.2, 0) is 4.79 Å². The number of ketones is 1. The Morgan fingerprint density at radius 1 is 1.47 bits per heavy atom. The second-order valence-electron chi connectivity index (χ2n) is 4.38. The zero-order valence-electron chi connectivity index (χ0n) is 8.73. The molecule has 2 heteroatoms. The van der Waals surface area contributed by atoms with Crippen LogP contribution in [0.5, 0.6) is 0 Å². The highest BCUT2D eigenvalue weighted by molar-refractivity contribution is 6.03. The number of carbonyl (C=O) groups is 1. The lowest BCUT2D eigenvalue weighted by Gasteiger charge is -2.19. The third kappa shape index (κ3) is 1.11. The number of rotatable bonds is 0. The van der Waals surface area contributed by atoms with Gasteiger partial charge in [-0.3, -0.25) is 9.79 Å². The van der Waals surface area contributed by atoms with Gasteiger partial charge in [0.1, 0.15) is 5.78 Å². The average Bonchev–Trinajstić information content (AvgIpc) is 2.45. The van der Waals surface area contributed by atoms with E-state index in [9.17, 15) is 4.79 Å². The summed E-state index contributed by atoms with van der Waals surface area (Å²) in [5.74, 6) is 0.562. The third-order valence-corrected chi connectivity index (χ3v) is 3.58. The molecule has 0 radical (unpaired) electrons. The van der Waals surface area contributed by atoms with Crippen LogP contribution in [0, 0.1) is 11.8 Å². The number of carbonyl (C=O) groups excluding carboxylic acids is 1. The monoisotopic (exact) mass is 199 g/mol. The molecular formula is C13H13NO. The van der Waals surface area contributed by atoms with Gasteiger partial charge in [-0.25, -0.2) is 0 Å². The standard InChI is InChI=1S/C13H13NO/c1-8-11-7-14-6-5-9-3-2-4-10(12(9)11)13(8)15/h3,5-8,10H,2,4H2,1H3. The Balaban J connectivity index is 2.22. The van der Waals surface area contributed by atoms with Crippen LogP contribution >= 0.6 is 0 Å². The fourth-order valence-electron chi connectivity index (χ4n) is 2.79. The quantitative estimate of drug-likeness (QED) is 0.589. The predicted molar refractivity (Wildman–Crippen MR) is 59.6 cm³/mol. The molecule has 0 aromatic heterocycles. The molecule has 0 saturated carbocycles. The number of nitrogens with zero attached hydrogens (tertiary/aromatic N) is 1. The first kappa shape index (κ1) is 8.84. The Hall–Kier alpha value is -1.44. The number of hydrogen-bond acceptors (Lipinski definition) is 2. The maximum atomic E-state index is 12.0. The largest absolute Gasteiger partial charge is 0.298 e. The summed E-state index contributed by atoms with van der Waals surface area (Å²) in [5.41, 5.74) is 3.61. The van der Waals surface area contributed by atoms with Crippen LogP contribution < -0.4 is 0 Å². The summed E-state index contributed by atoms with van der Waals surface area (Å²) in [6.45, 7) is 2.00. The summed E-state index contributed by atoms with van der Waals surface area (Å²) in [4.78, 5) is 16.2. The maximum absolute atomic E-state index is 12.0. The molecular weight excluding hydrogens is 186 g/mol. The highest BCUT2D eigenvalue weighted by Crippen LogP contribution is 2.43. The maximum Gasteiger partial charge on any atom is 0.147 e. The van der Waals surface area contributed by atoms with Crippen LogP contribution in [0.3, 0.4) is 0 Å². The molecule has 76 valence electrons. The molecule has 2 unspecified atom stereocenters. The molecule has 3 aliphatic rings. The van der Waals surface area contributed by atoms with E-state index in [1.807, 2.05) is 25.4 Å². The molecule has 2 atom stereocenters. The molecule has 2 nitrogen and oxygen atoms in total. The van der Waals surface area contributed by atoms with Crippen molar-refractivity contribution >= 4 is 12.0 Å². The van der Waals surface area contributed by atoms with E-state index in [0.29, 0.717) is 5.78 Å². The molecule has 3 rings (SSSR count). The summed E-state index contributed by atoms with van der Waals surface area (Å²) in [6, 6.07) is 0. The van der Waals surface area contributed by atoms with Gasteiger partial charge >= 0.3 is 0 Å². The van der Waals surface area contributed by atoms with Gasteiger partial charge in [0.2, 0.25) is 0 Å². The van der Waals surface area contributed by atoms with Gasteiger partial charge in [-0.2, -0.15) is 0 Å². The minimum absolute atomic E-state index is 0.0372. The van der Waals surface area contributed by atoms with Crippen LogP contribution in [0.4, 0.5) is 0 Å². The van der Waals surface area contributed by atoms with Crippen molar-refractivity contribution < 1.29 is 4.79 Å². The van der Waals surface area contributed by atoms with Crippen LogP contribution in [0.25, 0.3) is 0 Å². The van der Waals surface area contributed by atoms with E-state index in [2.05, 4.69) is 11.1 Å². The lowest BCUT2D eigenvalue weighted by molar-refractivity contribution is -0.123. The highest BCUT2D eigenvalue weighted by atomic mass is 16.1. The number of allylic oxidation sites excluding steroid dienone is 5. The molecule has 0 spiro atoms. The van der Waals surface area contributed by atoms with E-state index in [0.717, 1.165) is 18.4 Å². The van der Waals surface area contributed by atoms with Crippen molar-refractivity contribution in [3.8, 4) is 0 Å². The molecule has 2 aliphatic carbocycles. The molecule has 0 N–H and O–H groups in total. The lowest BCUT2D eigenvalue weighted by Crippen LogP contribution is -2.17. The second kappa shape index (κ2) is 3.02. The summed E-state index contributed by atoms with van der Waals surface area (Å²) in [5, 5.41) is 0. The predicted octanol–water partition coefficient (Wildman–Crippen LogP) is 2.44. The smallest absolute Gasteiger partial charge is 0.147 e. The Bertz CT molecular complexity index is 451. The first-order valence-electron chi connectivity index (χ1n) is 5.47. The summed E-state index contributed by atoms with van der Waals surface area (Å²) in [7, 11) is 0. The van der Waals surface area contributed by atoms with E-state index < -0.39 is 0 Å². The van der Waals surface area contributed by atoms with Crippen LogP contribution in [0.1, 0.15) is 19.8 Å². The van der Waals surface area contributed by atoms with Crippen LogP contribution in [0.15, 0.2) is 40.1 Å². The van der Waals surface area contributed by atoms with Crippen molar-refractivity contribution in [2.75, 3.05) is 0 Å². The molecule has 0 amide bonds. The Kier molecular flexibility index (Phi) is 1.78. The molecule has 0 fully saturated rings. The van der Waals surface area contributed by atoms with Gasteiger partial charge in [0.25, 0.3) is 0 Å². The SMILES string of the molecule is CC1C(=O)C2CCC=C3C=CN=CC1=C32. The average molecular weight is 199 g/mol. The first-order valence-corrected chi connectivity index (χ1v) is 5.47. The number of hydrogen-bond donors (Lipinski definition) is 0. The summed E-state index contributed by atoms with van der Waals surface area (Å²) in [6.07, 6.45) is 9.93. The fourth-order valence-corrected chi connectivity index (χ4v) is 2.79. The van der Waals surface area contributed by atoms with Gasteiger partial charge in [-0.1, -0.05) is 13.0 Å². The number of Topliss-reactive ketones (excluding diaryl/α,β-unsaturated/α-hetero) is 1. The zero-order chi connectivity index (χ0) is 10.4. The van der Waals surface area contributed by atoms with E-state index in [1.54, 1.807) is 0 Å². The molecule has 1 aliphatic heterocycles. The van der Waals surface area contributed by atoms with Gasteiger partial charge in [0.05, 0.1) is 0 Å². The van der Waals surface area contributed by atoms with Gasteiger partial charge in [0, 0.05) is 24.3 Å². The third-order valence-electron chi connectivity index (χ3n) is 3.58. The molecule has 0 saturated heterocycles. The van der Waals surface area contributed by atoms with E-state index in [-0.39, 0.29) is 11.8 Å². The Morgan fingerprint density at radius 3 is 3.20 bits per heavy atom. The van der Waals surface area contributed by atoms with Crippen molar-refractivity contribution in [2.45, 2.75) is 19.8 Å². The van der Waals surface area contributed by atoms with Crippen LogP contribution in [-0.4, -0.2) is 12.0 Å². The lowest BCUT2D eigenvalue weighted by atomic mass is 9.84. The Labute approximate surface area is 89.1 Å². The minimum Gasteiger partial charge on any atom is -0.298 e. The van der Waals surface area contributed by atoms with E-state index >= 15 is 0 Å². The molecule has 15 heavy (non-hydrogen) atoms.